The van der Waals surface area contributed by atoms with E-state index in [2.05, 4.69) is 6.92 Å². The lowest BCUT2D eigenvalue weighted by Crippen LogP contribution is -2.58. The minimum absolute atomic E-state index is 0.0168. The smallest absolute Gasteiger partial charge is 0.345 e. The third-order valence-electron chi connectivity index (χ3n) is 5.97. The molecule has 1 rings (SSSR count). The highest BCUT2D eigenvalue weighted by Gasteiger charge is 2.46. The largest absolute Gasteiger partial charge is 0.550 e. The van der Waals surface area contributed by atoms with Gasteiger partial charge in [-0.1, -0.05) is 69.9 Å². The molecule has 0 aliphatic rings. The van der Waals surface area contributed by atoms with Gasteiger partial charge in [-0.05, 0) is 37.1 Å². The minimum atomic E-state index is -1.81. The van der Waals surface area contributed by atoms with E-state index in [1.165, 1.54) is 32.1 Å². The maximum Gasteiger partial charge on any atom is 0.345 e. The summed E-state index contributed by atoms with van der Waals surface area (Å²) in [6.45, 7) is 3.54. The first kappa shape index (κ1) is 31.9. The SMILES string of the molecule is CCCCCCCCCCCC(=O)C(CC(=O)[O-])(C[N+](C)(C)C)OC(=O)COc1ccc(Cl)cc1C. The van der Waals surface area contributed by atoms with Crippen molar-refractivity contribution < 1.29 is 33.4 Å². The number of ketones is 1. The summed E-state index contributed by atoms with van der Waals surface area (Å²) in [6, 6.07) is 4.98. The molecule has 0 bridgehead atoms. The number of benzene rings is 1. The highest BCUT2D eigenvalue weighted by atomic mass is 35.5. The van der Waals surface area contributed by atoms with E-state index in [1.807, 2.05) is 21.1 Å². The normalized spacial score (nSPS) is 13.2. The van der Waals surface area contributed by atoms with Gasteiger partial charge in [-0.15, -0.1) is 0 Å². The number of aliphatic carboxylic acids is 1. The van der Waals surface area contributed by atoms with Gasteiger partial charge in [0.25, 0.3) is 0 Å². The lowest BCUT2D eigenvalue weighted by atomic mass is 9.89. The Hall–Kier alpha value is -2.12. The Balaban J connectivity index is 2.81. The number of likely N-dealkylation sites (N-methyl/N-ethyl adjacent to an activating group) is 1. The van der Waals surface area contributed by atoms with Gasteiger partial charge in [0, 0.05) is 23.8 Å². The van der Waals surface area contributed by atoms with Crippen molar-refractivity contribution in [2.24, 2.45) is 0 Å². The number of carboxylic acid groups (broad SMARTS) is 1. The van der Waals surface area contributed by atoms with Crippen LogP contribution in [0.2, 0.25) is 5.02 Å². The van der Waals surface area contributed by atoms with Gasteiger partial charge in [-0.2, -0.15) is 0 Å². The number of Topliss-reactive ketones (excluding diaryl/α,β-unsaturated/α-hetero) is 1. The van der Waals surface area contributed by atoms with E-state index < -0.39 is 36.4 Å². The van der Waals surface area contributed by atoms with Crippen LogP contribution in [0.1, 0.15) is 83.1 Å². The first-order chi connectivity index (χ1) is 16.9. The molecular formula is C28H44ClNO6. The number of hydrogen-bond acceptors (Lipinski definition) is 6. The van der Waals surface area contributed by atoms with Gasteiger partial charge in [0.1, 0.15) is 12.3 Å². The van der Waals surface area contributed by atoms with Crippen LogP contribution < -0.4 is 9.84 Å². The number of nitrogens with zero attached hydrogens (tertiary/aromatic N) is 1. The number of rotatable bonds is 19. The summed E-state index contributed by atoms with van der Waals surface area (Å²) in [7, 11) is 5.45. The van der Waals surface area contributed by atoms with Gasteiger partial charge in [0.05, 0.1) is 21.1 Å². The summed E-state index contributed by atoms with van der Waals surface area (Å²) in [5.74, 6) is -2.18. The van der Waals surface area contributed by atoms with E-state index in [1.54, 1.807) is 25.1 Å². The van der Waals surface area contributed by atoms with E-state index in [-0.39, 0.29) is 17.4 Å². The van der Waals surface area contributed by atoms with E-state index in [0.29, 0.717) is 17.2 Å². The molecule has 8 heteroatoms. The molecule has 204 valence electrons. The highest BCUT2D eigenvalue weighted by Crippen LogP contribution is 2.26. The summed E-state index contributed by atoms with van der Waals surface area (Å²) in [6.07, 6.45) is 9.28. The standard InChI is InChI=1S/C28H44ClNO6/c1-6-7-8-9-10-11-12-13-14-15-25(31)28(19-26(32)33,21-30(3,4)5)36-27(34)20-35-24-17-16-23(29)18-22(24)2/h16-18H,6-15,19-21H2,1-5H3. The van der Waals surface area contributed by atoms with Crippen LogP contribution in [0.5, 0.6) is 5.75 Å². The molecule has 0 aliphatic heterocycles. The maximum atomic E-state index is 13.4. The van der Waals surface area contributed by atoms with Crippen molar-refractivity contribution in [3.05, 3.63) is 28.8 Å². The number of carbonyl (C=O) groups is 3. The van der Waals surface area contributed by atoms with Gasteiger partial charge in [-0.25, -0.2) is 4.79 Å². The highest BCUT2D eigenvalue weighted by molar-refractivity contribution is 6.30. The fourth-order valence-corrected chi connectivity index (χ4v) is 4.58. The van der Waals surface area contributed by atoms with E-state index in [0.717, 1.165) is 24.8 Å². The quantitative estimate of drug-likeness (QED) is 0.148. The Labute approximate surface area is 221 Å². The molecule has 7 nitrogen and oxygen atoms in total. The van der Waals surface area contributed by atoms with Gasteiger partial charge in [-0.3, -0.25) is 4.79 Å². The van der Waals surface area contributed by atoms with Crippen LogP contribution in [-0.4, -0.2) is 62.1 Å². The molecule has 0 aromatic heterocycles. The first-order valence-corrected chi connectivity index (χ1v) is 13.4. The lowest BCUT2D eigenvalue weighted by molar-refractivity contribution is -0.875. The fourth-order valence-electron chi connectivity index (χ4n) is 4.35. The average molecular weight is 526 g/mol. The van der Waals surface area contributed by atoms with Gasteiger partial charge >= 0.3 is 5.97 Å². The first-order valence-electron chi connectivity index (χ1n) is 13.0. The van der Waals surface area contributed by atoms with Crippen LogP contribution in [0, 0.1) is 6.92 Å². The van der Waals surface area contributed by atoms with Crippen molar-refractivity contribution in [2.75, 3.05) is 34.3 Å². The Morgan fingerprint density at radius 2 is 1.56 bits per heavy atom. The molecule has 36 heavy (non-hydrogen) atoms. The van der Waals surface area contributed by atoms with Crippen LogP contribution >= 0.6 is 11.6 Å². The molecule has 1 aromatic rings. The zero-order valence-electron chi connectivity index (χ0n) is 22.7. The monoisotopic (exact) mass is 525 g/mol. The number of halogens is 1. The maximum absolute atomic E-state index is 13.4. The van der Waals surface area contributed by atoms with Crippen molar-refractivity contribution in [1.82, 2.24) is 0 Å². The van der Waals surface area contributed by atoms with E-state index in [9.17, 15) is 19.5 Å². The Morgan fingerprint density at radius 3 is 2.08 bits per heavy atom. The predicted molar refractivity (Wildman–Crippen MR) is 140 cm³/mol. The van der Waals surface area contributed by atoms with Crippen molar-refractivity contribution in [3.8, 4) is 5.75 Å². The van der Waals surface area contributed by atoms with E-state index in [4.69, 9.17) is 21.1 Å². The van der Waals surface area contributed by atoms with Crippen molar-refractivity contribution in [1.29, 1.82) is 0 Å². The third kappa shape index (κ3) is 12.7. The molecule has 0 fully saturated rings. The van der Waals surface area contributed by atoms with Crippen molar-refractivity contribution >= 4 is 29.3 Å². The lowest BCUT2D eigenvalue weighted by Gasteiger charge is -2.38. The van der Waals surface area contributed by atoms with Crippen LogP contribution in [0.25, 0.3) is 0 Å². The predicted octanol–water partition coefficient (Wildman–Crippen LogP) is 4.65. The Morgan fingerprint density at radius 1 is 0.972 bits per heavy atom. The number of unbranched alkanes of at least 4 members (excludes halogenated alkanes) is 8. The molecular weight excluding hydrogens is 482 g/mol. The number of hydrogen-bond donors (Lipinski definition) is 0. The molecule has 0 heterocycles. The minimum Gasteiger partial charge on any atom is -0.550 e. The van der Waals surface area contributed by atoms with Crippen LogP contribution in [0.4, 0.5) is 0 Å². The number of esters is 1. The van der Waals surface area contributed by atoms with Crippen LogP contribution in [0.3, 0.4) is 0 Å². The van der Waals surface area contributed by atoms with Gasteiger partial charge in [0.2, 0.25) is 5.60 Å². The summed E-state index contributed by atoms with van der Waals surface area (Å²) in [5, 5.41) is 12.2. The summed E-state index contributed by atoms with van der Waals surface area (Å²) in [5.41, 5.74) is -1.07. The third-order valence-corrected chi connectivity index (χ3v) is 6.20. The number of carbonyl (C=O) groups excluding carboxylic acids is 3. The van der Waals surface area contributed by atoms with Crippen molar-refractivity contribution in [3.63, 3.8) is 0 Å². The van der Waals surface area contributed by atoms with Crippen LogP contribution in [0.15, 0.2) is 18.2 Å². The molecule has 1 unspecified atom stereocenters. The number of quaternary nitrogens is 1. The second-order valence-corrected chi connectivity index (χ2v) is 11.1. The number of ether oxygens (including phenoxy) is 2. The molecule has 0 saturated heterocycles. The molecule has 0 saturated carbocycles. The second-order valence-electron chi connectivity index (χ2n) is 10.7. The number of aryl methyl sites for hydroxylation is 1. The molecule has 0 radical (unpaired) electrons. The summed E-state index contributed by atoms with van der Waals surface area (Å²) < 4.78 is 11.4. The van der Waals surface area contributed by atoms with Gasteiger partial charge in [0.15, 0.2) is 12.4 Å². The molecule has 0 spiro atoms. The Bertz CT molecular complexity index is 851. The summed E-state index contributed by atoms with van der Waals surface area (Å²) >= 11 is 5.96. The topological polar surface area (TPSA) is 92.7 Å². The zero-order valence-corrected chi connectivity index (χ0v) is 23.5. The second kappa shape index (κ2) is 15.9. The molecule has 0 amide bonds. The Kier molecular flexibility index (Phi) is 14.1. The van der Waals surface area contributed by atoms with E-state index >= 15 is 0 Å². The molecule has 0 N–H and O–H groups in total. The molecule has 1 aromatic carbocycles. The van der Waals surface area contributed by atoms with Gasteiger partial charge < -0.3 is 23.9 Å². The number of carboxylic acids is 1. The summed E-state index contributed by atoms with van der Waals surface area (Å²) in [4.78, 5) is 37.8. The molecule has 0 aliphatic carbocycles. The fraction of sp³-hybridized carbons (Fsp3) is 0.679. The van der Waals surface area contributed by atoms with Crippen molar-refractivity contribution in [2.45, 2.75) is 90.1 Å². The van der Waals surface area contributed by atoms with Crippen LogP contribution in [-0.2, 0) is 19.1 Å². The average Bonchev–Trinajstić information content (AvgIpc) is 2.75. The zero-order chi connectivity index (χ0) is 27.2. The molecule has 1 atom stereocenters.